The molecule has 0 aliphatic heterocycles. The fraction of sp³-hybridized carbons (Fsp3) is 0. The lowest BCUT2D eigenvalue weighted by Gasteiger charge is -1.92. The van der Waals surface area contributed by atoms with Gasteiger partial charge >= 0.3 is 0 Å². The van der Waals surface area contributed by atoms with Gasteiger partial charge in [-0.1, -0.05) is 0 Å². The fourth-order valence-electron chi connectivity index (χ4n) is 0.640. The van der Waals surface area contributed by atoms with Crippen molar-refractivity contribution in [3.8, 4) is 0 Å². The summed E-state index contributed by atoms with van der Waals surface area (Å²) in [6, 6.07) is 2.38. The number of aromatic nitrogens is 1. The Labute approximate surface area is 67.2 Å². The summed E-state index contributed by atoms with van der Waals surface area (Å²) in [6.45, 7) is 0. The van der Waals surface area contributed by atoms with E-state index in [4.69, 9.17) is 5.73 Å². The van der Waals surface area contributed by atoms with Crippen LogP contribution in [0.5, 0.6) is 0 Å². The van der Waals surface area contributed by atoms with Gasteiger partial charge in [0.1, 0.15) is 11.9 Å². The number of carbonyl (C=O) groups excluding carboxylic acids is 1. The van der Waals surface area contributed by atoms with Gasteiger partial charge in [0.15, 0.2) is 0 Å². The average Bonchev–Trinajstić information content (AvgIpc) is 2.04. The molecular weight excluding hydrogens is 162 g/mol. The molecule has 1 amide bonds. The molecule has 0 bridgehead atoms. The standard InChI is InChI=1S/C6H5N3O3/c7-6(10)5-2-1-4(3-8-5)9(11)12/h1-3H,(H2,7,10). The molecule has 0 spiro atoms. The largest absolute Gasteiger partial charge is 0.364 e. The predicted molar refractivity (Wildman–Crippen MR) is 39.4 cm³/mol. The van der Waals surface area contributed by atoms with Crippen LogP contribution in [0.25, 0.3) is 0 Å². The number of hydrogen-bond acceptors (Lipinski definition) is 4. The number of primary amides is 1. The highest BCUT2D eigenvalue weighted by molar-refractivity contribution is 5.90. The Bertz CT molecular complexity index is 286. The lowest BCUT2D eigenvalue weighted by Crippen LogP contribution is -2.12. The monoisotopic (exact) mass is 167 g/mol. The molecule has 1 aromatic heterocycles. The quantitative estimate of drug-likeness (QED) is 0.498. The molecule has 1 rings (SSSR count). The van der Waals surface area contributed by atoms with Crippen LogP contribution in [0.15, 0.2) is 18.3 Å². The highest BCUT2D eigenvalue weighted by atomic mass is 16.6. The molecule has 2 N–H and O–H groups in total. The third-order valence-electron chi connectivity index (χ3n) is 1.21. The Morgan fingerprint density at radius 1 is 1.58 bits per heavy atom. The second-order valence-corrected chi connectivity index (χ2v) is 2.02. The molecule has 0 fully saturated rings. The van der Waals surface area contributed by atoms with Crippen LogP contribution in [0, 0.1) is 10.1 Å². The lowest BCUT2D eigenvalue weighted by atomic mass is 10.3. The van der Waals surface area contributed by atoms with Crippen LogP contribution in [0.4, 0.5) is 5.69 Å². The van der Waals surface area contributed by atoms with Crippen molar-refractivity contribution in [2.24, 2.45) is 5.73 Å². The van der Waals surface area contributed by atoms with Gasteiger partial charge in [0.2, 0.25) is 0 Å². The Hall–Kier alpha value is -1.98. The summed E-state index contributed by atoms with van der Waals surface area (Å²) in [5, 5.41) is 10.1. The van der Waals surface area contributed by atoms with E-state index in [2.05, 4.69) is 4.98 Å². The zero-order valence-electron chi connectivity index (χ0n) is 5.93. The highest BCUT2D eigenvalue weighted by Gasteiger charge is 2.07. The first-order chi connectivity index (χ1) is 5.61. The maximum absolute atomic E-state index is 10.5. The van der Waals surface area contributed by atoms with Gasteiger partial charge in [0, 0.05) is 6.07 Å². The van der Waals surface area contributed by atoms with Crippen molar-refractivity contribution in [1.82, 2.24) is 4.98 Å². The lowest BCUT2D eigenvalue weighted by molar-refractivity contribution is -0.385. The third kappa shape index (κ3) is 1.54. The molecule has 0 atom stereocenters. The summed E-state index contributed by atoms with van der Waals surface area (Å²) in [4.78, 5) is 23.5. The number of rotatable bonds is 2. The number of carbonyl (C=O) groups is 1. The van der Waals surface area contributed by atoms with E-state index in [1.165, 1.54) is 12.1 Å². The van der Waals surface area contributed by atoms with Crippen molar-refractivity contribution in [2.45, 2.75) is 0 Å². The average molecular weight is 167 g/mol. The van der Waals surface area contributed by atoms with Crippen molar-refractivity contribution in [3.05, 3.63) is 34.1 Å². The fourth-order valence-corrected chi connectivity index (χ4v) is 0.640. The predicted octanol–water partition coefficient (Wildman–Crippen LogP) is 0.0887. The molecule has 0 aliphatic rings. The maximum atomic E-state index is 10.5. The van der Waals surface area contributed by atoms with Gasteiger partial charge in [-0.25, -0.2) is 4.98 Å². The summed E-state index contributed by atoms with van der Waals surface area (Å²) in [5.41, 5.74) is 4.72. The van der Waals surface area contributed by atoms with Gasteiger partial charge in [-0.15, -0.1) is 0 Å². The Kier molecular flexibility index (Phi) is 2.00. The minimum absolute atomic E-state index is 0.0144. The van der Waals surface area contributed by atoms with Gasteiger partial charge in [-0.2, -0.15) is 0 Å². The van der Waals surface area contributed by atoms with Gasteiger partial charge in [0.05, 0.1) is 4.92 Å². The van der Waals surface area contributed by atoms with Crippen LogP contribution in [0.1, 0.15) is 10.5 Å². The first-order valence-electron chi connectivity index (χ1n) is 3.01. The molecule has 6 heteroatoms. The van der Waals surface area contributed by atoms with Gasteiger partial charge in [-0.05, 0) is 6.07 Å². The van der Waals surface area contributed by atoms with Crippen molar-refractivity contribution >= 4 is 11.6 Å². The van der Waals surface area contributed by atoms with E-state index in [0.29, 0.717) is 0 Å². The van der Waals surface area contributed by atoms with Crippen LogP contribution < -0.4 is 5.73 Å². The summed E-state index contributed by atoms with van der Waals surface area (Å²) in [6.07, 6.45) is 0.986. The molecule has 0 saturated carbocycles. The van der Waals surface area contributed by atoms with Crippen molar-refractivity contribution < 1.29 is 9.72 Å². The molecule has 12 heavy (non-hydrogen) atoms. The topological polar surface area (TPSA) is 99.1 Å². The van der Waals surface area contributed by atoms with E-state index in [1.807, 2.05) is 0 Å². The zero-order chi connectivity index (χ0) is 9.14. The van der Waals surface area contributed by atoms with Gasteiger partial charge in [0.25, 0.3) is 11.6 Å². The molecule has 1 aromatic rings. The van der Waals surface area contributed by atoms with Crippen molar-refractivity contribution in [2.75, 3.05) is 0 Å². The number of amides is 1. The Morgan fingerprint density at radius 2 is 2.25 bits per heavy atom. The Balaban J connectivity index is 3.01. The highest BCUT2D eigenvalue weighted by Crippen LogP contribution is 2.07. The molecule has 62 valence electrons. The number of nitrogens with two attached hydrogens (primary N) is 1. The van der Waals surface area contributed by atoms with Gasteiger partial charge in [-0.3, -0.25) is 14.9 Å². The molecule has 0 aromatic carbocycles. The van der Waals surface area contributed by atoms with E-state index >= 15 is 0 Å². The number of nitro groups is 1. The van der Waals surface area contributed by atoms with Crippen LogP contribution in [0.2, 0.25) is 0 Å². The molecule has 0 aliphatic carbocycles. The van der Waals surface area contributed by atoms with Crippen LogP contribution in [-0.2, 0) is 0 Å². The number of pyridine rings is 1. The van der Waals surface area contributed by atoms with Crippen molar-refractivity contribution in [3.63, 3.8) is 0 Å². The first kappa shape index (κ1) is 8.12. The van der Waals surface area contributed by atoms with Crippen LogP contribution in [-0.4, -0.2) is 15.8 Å². The molecular formula is C6H5N3O3. The molecule has 1 heterocycles. The molecule has 0 unspecified atom stereocenters. The van der Waals surface area contributed by atoms with E-state index < -0.39 is 10.8 Å². The van der Waals surface area contributed by atoms with E-state index in [1.54, 1.807) is 0 Å². The van der Waals surface area contributed by atoms with Crippen LogP contribution >= 0.6 is 0 Å². The van der Waals surface area contributed by atoms with Gasteiger partial charge < -0.3 is 5.73 Å². The van der Waals surface area contributed by atoms with E-state index in [0.717, 1.165) is 6.20 Å². The van der Waals surface area contributed by atoms with E-state index in [-0.39, 0.29) is 11.4 Å². The van der Waals surface area contributed by atoms with Crippen LogP contribution in [0.3, 0.4) is 0 Å². The maximum Gasteiger partial charge on any atom is 0.287 e. The number of hydrogen-bond donors (Lipinski definition) is 1. The second-order valence-electron chi connectivity index (χ2n) is 2.02. The summed E-state index contributed by atoms with van der Waals surface area (Å²) >= 11 is 0. The molecule has 0 saturated heterocycles. The molecule has 6 nitrogen and oxygen atoms in total. The molecule has 0 radical (unpaired) electrons. The normalized spacial score (nSPS) is 9.33. The first-order valence-corrected chi connectivity index (χ1v) is 3.01. The summed E-state index contributed by atoms with van der Waals surface area (Å²) in [5.74, 6) is -0.704. The Morgan fingerprint density at radius 3 is 2.58 bits per heavy atom. The second kappa shape index (κ2) is 2.95. The minimum atomic E-state index is -0.704. The number of nitrogens with zero attached hydrogens (tertiary/aromatic N) is 2. The zero-order valence-corrected chi connectivity index (χ0v) is 5.93. The van der Waals surface area contributed by atoms with Crippen molar-refractivity contribution in [1.29, 1.82) is 0 Å². The van der Waals surface area contributed by atoms with E-state index in [9.17, 15) is 14.9 Å². The summed E-state index contributed by atoms with van der Waals surface area (Å²) in [7, 11) is 0. The third-order valence-corrected chi connectivity index (χ3v) is 1.21. The minimum Gasteiger partial charge on any atom is -0.364 e. The SMILES string of the molecule is NC(=O)c1ccc([N+](=O)[O-])cn1. The summed E-state index contributed by atoms with van der Waals surface area (Å²) < 4.78 is 0. The smallest absolute Gasteiger partial charge is 0.287 e.